The van der Waals surface area contributed by atoms with Crippen molar-refractivity contribution in [3.05, 3.63) is 29.5 Å². The summed E-state index contributed by atoms with van der Waals surface area (Å²) in [5.41, 5.74) is 1.76. The second-order valence-electron chi connectivity index (χ2n) is 6.70. The molecule has 0 bridgehead atoms. The molecule has 0 heterocycles. The van der Waals surface area contributed by atoms with Crippen LogP contribution in [-0.2, 0) is 35.0 Å². The highest BCUT2D eigenvalue weighted by molar-refractivity contribution is 7.87. The average molecular weight is 442 g/mol. The Balaban J connectivity index is 2.32. The van der Waals surface area contributed by atoms with Gasteiger partial charge in [-0.1, -0.05) is 0 Å². The van der Waals surface area contributed by atoms with E-state index in [0.717, 1.165) is 12.7 Å². The molecule has 0 aromatic heterocycles. The lowest BCUT2D eigenvalue weighted by atomic mass is 9.87. The Hall–Kier alpha value is -2.59. The SMILES string of the molecule is COc1cc2c(cc1OC)C(=COC(=O)CCCNC(C)=O)C(S(=O)(=O)OC)CC2. The fraction of sp³-hybridized carbons (Fsp3) is 0.500. The van der Waals surface area contributed by atoms with Crippen LogP contribution in [0.2, 0.25) is 0 Å². The zero-order chi connectivity index (χ0) is 22.3. The van der Waals surface area contributed by atoms with Crippen LogP contribution in [0.1, 0.15) is 37.3 Å². The number of nitrogens with one attached hydrogen (secondary N) is 1. The number of hydrogen-bond acceptors (Lipinski definition) is 8. The van der Waals surface area contributed by atoms with Crippen LogP contribution < -0.4 is 14.8 Å². The molecule has 1 N–H and O–H groups in total. The highest BCUT2D eigenvalue weighted by Crippen LogP contribution is 2.41. The van der Waals surface area contributed by atoms with Crippen LogP contribution in [0.5, 0.6) is 11.5 Å². The van der Waals surface area contributed by atoms with Crippen LogP contribution in [0.15, 0.2) is 18.4 Å². The number of amides is 1. The molecule has 1 atom stereocenters. The van der Waals surface area contributed by atoms with E-state index in [2.05, 4.69) is 5.32 Å². The number of esters is 1. The number of fused-ring (bicyclic) bond motifs is 1. The predicted molar refractivity (Wildman–Crippen MR) is 110 cm³/mol. The van der Waals surface area contributed by atoms with Crippen molar-refractivity contribution in [2.24, 2.45) is 0 Å². The summed E-state index contributed by atoms with van der Waals surface area (Å²) in [6.07, 6.45) is 2.40. The monoisotopic (exact) mass is 441 g/mol. The third-order valence-corrected chi connectivity index (χ3v) is 6.42. The van der Waals surface area contributed by atoms with Crippen molar-refractivity contribution in [1.29, 1.82) is 0 Å². The molecule has 0 fully saturated rings. The van der Waals surface area contributed by atoms with E-state index in [0.29, 0.717) is 42.0 Å². The highest BCUT2D eigenvalue weighted by atomic mass is 32.2. The Bertz CT molecular complexity index is 923. The van der Waals surface area contributed by atoms with Gasteiger partial charge in [-0.05, 0) is 42.5 Å². The van der Waals surface area contributed by atoms with Gasteiger partial charge in [-0.3, -0.25) is 13.8 Å². The van der Waals surface area contributed by atoms with E-state index in [-0.39, 0.29) is 18.7 Å². The molecular weight excluding hydrogens is 414 g/mol. The zero-order valence-corrected chi connectivity index (χ0v) is 18.3. The second-order valence-corrected chi connectivity index (χ2v) is 8.59. The topological polar surface area (TPSA) is 117 Å². The third kappa shape index (κ3) is 5.73. The minimum absolute atomic E-state index is 0.0740. The number of hydrogen-bond donors (Lipinski definition) is 1. The van der Waals surface area contributed by atoms with Crippen LogP contribution in [0.25, 0.3) is 5.57 Å². The zero-order valence-electron chi connectivity index (χ0n) is 17.5. The Labute approximate surface area is 176 Å². The van der Waals surface area contributed by atoms with Gasteiger partial charge in [0.15, 0.2) is 11.5 Å². The summed E-state index contributed by atoms with van der Waals surface area (Å²) in [6.45, 7) is 1.74. The smallest absolute Gasteiger partial charge is 0.310 e. The summed E-state index contributed by atoms with van der Waals surface area (Å²) in [6, 6.07) is 3.45. The summed E-state index contributed by atoms with van der Waals surface area (Å²) in [4.78, 5) is 23.0. The molecule has 166 valence electrons. The number of methoxy groups -OCH3 is 2. The molecule has 2 rings (SSSR count). The Kier molecular flexibility index (Phi) is 8.24. The first-order valence-electron chi connectivity index (χ1n) is 9.42. The summed E-state index contributed by atoms with van der Waals surface area (Å²) >= 11 is 0. The van der Waals surface area contributed by atoms with E-state index in [9.17, 15) is 18.0 Å². The normalized spacial score (nSPS) is 17.2. The summed E-state index contributed by atoms with van der Waals surface area (Å²) in [7, 11) is 0.196. The second kappa shape index (κ2) is 10.4. The lowest BCUT2D eigenvalue weighted by Gasteiger charge is -2.27. The largest absolute Gasteiger partial charge is 0.493 e. The van der Waals surface area contributed by atoms with Gasteiger partial charge in [0.1, 0.15) is 5.25 Å². The maximum atomic E-state index is 12.5. The first-order chi connectivity index (χ1) is 14.2. The lowest BCUT2D eigenvalue weighted by Crippen LogP contribution is -2.28. The molecule has 1 unspecified atom stereocenters. The Morgan fingerprint density at radius 2 is 1.83 bits per heavy atom. The van der Waals surface area contributed by atoms with Gasteiger partial charge in [0.05, 0.1) is 27.6 Å². The fourth-order valence-corrected chi connectivity index (χ4v) is 4.39. The van der Waals surface area contributed by atoms with Gasteiger partial charge >= 0.3 is 5.97 Å². The molecule has 30 heavy (non-hydrogen) atoms. The van der Waals surface area contributed by atoms with E-state index >= 15 is 0 Å². The number of benzene rings is 1. The number of ether oxygens (including phenoxy) is 3. The number of rotatable bonds is 9. The van der Waals surface area contributed by atoms with Gasteiger partial charge in [0.2, 0.25) is 5.91 Å². The van der Waals surface area contributed by atoms with Gasteiger partial charge < -0.3 is 19.5 Å². The van der Waals surface area contributed by atoms with Crippen molar-refractivity contribution >= 4 is 27.6 Å². The predicted octanol–water partition coefficient (Wildman–Crippen LogP) is 1.80. The third-order valence-electron chi connectivity index (χ3n) is 4.77. The van der Waals surface area contributed by atoms with E-state index < -0.39 is 21.3 Å². The minimum Gasteiger partial charge on any atom is -0.493 e. The molecule has 0 radical (unpaired) electrons. The molecule has 0 spiro atoms. The maximum Gasteiger partial charge on any atom is 0.310 e. The molecule has 1 amide bonds. The van der Waals surface area contributed by atoms with Gasteiger partial charge in [-0.15, -0.1) is 0 Å². The van der Waals surface area contributed by atoms with Gasteiger partial charge in [0.25, 0.3) is 10.1 Å². The van der Waals surface area contributed by atoms with Crippen molar-refractivity contribution in [1.82, 2.24) is 5.32 Å². The van der Waals surface area contributed by atoms with Gasteiger partial charge in [-0.2, -0.15) is 8.42 Å². The fourth-order valence-electron chi connectivity index (χ4n) is 3.25. The van der Waals surface area contributed by atoms with Crippen molar-refractivity contribution in [2.45, 2.75) is 37.9 Å². The van der Waals surface area contributed by atoms with Crippen LogP contribution in [0.4, 0.5) is 0 Å². The number of aryl methyl sites for hydroxylation is 1. The summed E-state index contributed by atoms with van der Waals surface area (Å²) < 4.78 is 45.6. The van der Waals surface area contributed by atoms with Crippen LogP contribution in [0.3, 0.4) is 0 Å². The highest BCUT2D eigenvalue weighted by Gasteiger charge is 2.36. The van der Waals surface area contributed by atoms with Crippen molar-refractivity contribution < 1.29 is 36.4 Å². The van der Waals surface area contributed by atoms with Crippen molar-refractivity contribution in [2.75, 3.05) is 27.9 Å². The molecule has 10 heteroatoms. The van der Waals surface area contributed by atoms with E-state index in [1.807, 2.05) is 0 Å². The first-order valence-corrected chi connectivity index (χ1v) is 10.9. The van der Waals surface area contributed by atoms with E-state index in [1.165, 1.54) is 27.4 Å². The summed E-state index contributed by atoms with van der Waals surface area (Å²) in [5.74, 6) is 0.244. The number of carbonyl (C=O) groups is 2. The van der Waals surface area contributed by atoms with Crippen LogP contribution >= 0.6 is 0 Å². The van der Waals surface area contributed by atoms with Crippen LogP contribution in [0, 0.1) is 0 Å². The first kappa shape index (κ1) is 23.7. The number of carbonyl (C=O) groups excluding carboxylic acids is 2. The molecule has 1 aromatic rings. The lowest BCUT2D eigenvalue weighted by molar-refractivity contribution is -0.138. The molecule has 0 aliphatic heterocycles. The molecule has 1 aliphatic carbocycles. The molecule has 9 nitrogen and oxygen atoms in total. The van der Waals surface area contributed by atoms with E-state index in [1.54, 1.807) is 12.1 Å². The van der Waals surface area contributed by atoms with Crippen LogP contribution in [-0.4, -0.2) is 53.4 Å². The minimum atomic E-state index is -3.91. The maximum absolute atomic E-state index is 12.5. The Morgan fingerprint density at radius 3 is 2.43 bits per heavy atom. The molecule has 0 saturated heterocycles. The molecule has 0 saturated carbocycles. The quantitative estimate of drug-likeness (QED) is 0.267. The van der Waals surface area contributed by atoms with Crippen molar-refractivity contribution in [3.63, 3.8) is 0 Å². The molecule has 1 aromatic carbocycles. The average Bonchev–Trinajstić information content (AvgIpc) is 2.73. The van der Waals surface area contributed by atoms with Gasteiger partial charge in [0, 0.05) is 25.5 Å². The van der Waals surface area contributed by atoms with Crippen molar-refractivity contribution in [3.8, 4) is 11.5 Å². The van der Waals surface area contributed by atoms with E-state index in [4.69, 9.17) is 18.4 Å². The standard InChI is InChI=1S/C20H27NO8S/c1-13(22)21-9-5-6-20(23)29-12-16-15-11-18(27-3)17(26-2)10-14(15)7-8-19(16)30(24,25)28-4/h10-12,19H,5-9H2,1-4H3,(H,21,22). The summed E-state index contributed by atoms with van der Waals surface area (Å²) in [5, 5.41) is 1.61. The Morgan fingerprint density at radius 1 is 1.17 bits per heavy atom. The molecular formula is C20H27NO8S. The van der Waals surface area contributed by atoms with Gasteiger partial charge in [-0.25, -0.2) is 0 Å². The molecule has 1 aliphatic rings.